The maximum Gasteiger partial charge on any atom is 0.407 e. The van der Waals surface area contributed by atoms with E-state index in [9.17, 15) is 4.79 Å². The normalized spacial score (nSPS) is 25.6. The second-order valence-electron chi connectivity index (χ2n) is 7.56. The number of hydrogen-bond acceptors (Lipinski definition) is 3. The van der Waals surface area contributed by atoms with E-state index in [1.54, 1.807) is 0 Å². The molecule has 0 aromatic rings. The van der Waals surface area contributed by atoms with E-state index in [2.05, 4.69) is 10.2 Å². The van der Waals surface area contributed by atoms with E-state index >= 15 is 0 Å². The standard InChI is InChI=1S/C17H32N2O2/c1-17(2,3)21-16(20)18-13-15-11-8-12-19(15)14-9-6-4-5-7-10-14/h14-15H,4-13H2,1-3H3,(H,18,20)/t15-/m1/s1. The summed E-state index contributed by atoms with van der Waals surface area (Å²) in [6, 6.07) is 1.24. The summed E-state index contributed by atoms with van der Waals surface area (Å²) in [6.07, 6.45) is 10.4. The van der Waals surface area contributed by atoms with Crippen LogP contribution < -0.4 is 5.32 Å². The van der Waals surface area contributed by atoms with E-state index in [-0.39, 0.29) is 6.09 Å². The van der Waals surface area contributed by atoms with Crippen molar-refractivity contribution in [3.8, 4) is 0 Å². The van der Waals surface area contributed by atoms with Crippen LogP contribution in [0, 0.1) is 0 Å². The first-order valence-corrected chi connectivity index (χ1v) is 8.68. The van der Waals surface area contributed by atoms with Gasteiger partial charge in [0, 0.05) is 18.6 Å². The van der Waals surface area contributed by atoms with Crippen LogP contribution in [0.25, 0.3) is 0 Å². The summed E-state index contributed by atoms with van der Waals surface area (Å²) in [4.78, 5) is 14.5. The SMILES string of the molecule is CC(C)(C)OC(=O)NC[C@H]1CCCN1C1CCCCCC1. The number of carbonyl (C=O) groups is 1. The highest BCUT2D eigenvalue weighted by molar-refractivity contribution is 5.67. The Morgan fingerprint density at radius 3 is 2.38 bits per heavy atom. The Morgan fingerprint density at radius 2 is 1.76 bits per heavy atom. The van der Waals surface area contributed by atoms with Crippen LogP contribution in [-0.2, 0) is 4.74 Å². The van der Waals surface area contributed by atoms with Crippen molar-refractivity contribution in [3.63, 3.8) is 0 Å². The molecular weight excluding hydrogens is 264 g/mol. The fraction of sp³-hybridized carbons (Fsp3) is 0.941. The monoisotopic (exact) mass is 296 g/mol. The summed E-state index contributed by atoms with van der Waals surface area (Å²) in [5, 5.41) is 2.96. The smallest absolute Gasteiger partial charge is 0.407 e. The number of nitrogens with zero attached hydrogens (tertiary/aromatic N) is 1. The zero-order chi connectivity index (χ0) is 15.3. The first kappa shape index (κ1) is 16.6. The van der Waals surface area contributed by atoms with Crippen LogP contribution in [0.2, 0.25) is 0 Å². The summed E-state index contributed by atoms with van der Waals surface area (Å²) >= 11 is 0. The van der Waals surface area contributed by atoms with Gasteiger partial charge in [-0.2, -0.15) is 0 Å². The van der Waals surface area contributed by atoms with E-state index in [0.717, 1.165) is 12.6 Å². The molecule has 21 heavy (non-hydrogen) atoms. The average molecular weight is 296 g/mol. The number of likely N-dealkylation sites (tertiary alicyclic amines) is 1. The largest absolute Gasteiger partial charge is 0.444 e. The van der Waals surface area contributed by atoms with Gasteiger partial charge in [-0.15, -0.1) is 0 Å². The van der Waals surface area contributed by atoms with Crippen LogP contribution in [0.5, 0.6) is 0 Å². The molecule has 4 nitrogen and oxygen atoms in total. The molecule has 2 fully saturated rings. The predicted molar refractivity (Wildman–Crippen MR) is 85.5 cm³/mol. The van der Waals surface area contributed by atoms with Crippen LogP contribution in [0.15, 0.2) is 0 Å². The molecule has 0 spiro atoms. The van der Waals surface area contributed by atoms with Crippen molar-refractivity contribution in [1.82, 2.24) is 10.2 Å². The molecule has 1 atom stereocenters. The Hall–Kier alpha value is -0.770. The van der Waals surface area contributed by atoms with Crippen LogP contribution in [0.3, 0.4) is 0 Å². The van der Waals surface area contributed by atoms with Gasteiger partial charge in [0.25, 0.3) is 0 Å². The van der Waals surface area contributed by atoms with Crippen LogP contribution in [-0.4, -0.2) is 41.8 Å². The molecule has 4 heteroatoms. The lowest BCUT2D eigenvalue weighted by molar-refractivity contribution is 0.0504. The topological polar surface area (TPSA) is 41.6 Å². The fourth-order valence-corrected chi connectivity index (χ4v) is 3.66. The summed E-state index contributed by atoms with van der Waals surface area (Å²) in [5.74, 6) is 0. The predicted octanol–water partition coefficient (Wildman–Crippen LogP) is 3.70. The van der Waals surface area contributed by atoms with Gasteiger partial charge >= 0.3 is 6.09 Å². The zero-order valence-corrected chi connectivity index (χ0v) is 14.0. The van der Waals surface area contributed by atoms with E-state index < -0.39 is 5.60 Å². The first-order valence-electron chi connectivity index (χ1n) is 8.68. The van der Waals surface area contributed by atoms with Crippen molar-refractivity contribution in [2.45, 2.75) is 89.8 Å². The van der Waals surface area contributed by atoms with E-state index in [4.69, 9.17) is 4.74 Å². The molecule has 2 aliphatic rings. The van der Waals surface area contributed by atoms with Gasteiger partial charge in [0.2, 0.25) is 0 Å². The number of carbonyl (C=O) groups excluding carboxylic acids is 1. The van der Waals surface area contributed by atoms with Gasteiger partial charge < -0.3 is 10.1 Å². The number of ether oxygens (including phenoxy) is 1. The number of rotatable bonds is 3. The van der Waals surface area contributed by atoms with Gasteiger partial charge in [0.05, 0.1) is 0 Å². The first-order chi connectivity index (χ1) is 9.96. The summed E-state index contributed by atoms with van der Waals surface area (Å²) in [7, 11) is 0. The molecule has 1 N–H and O–H groups in total. The Bertz CT molecular complexity index is 330. The van der Waals surface area contributed by atoms with Gasteiger partial charge in [-0.3, -0.25) is 4.90 Å². The van der Waals surface area contributed by atoms with Crippen molar-refractivity contribution in [2.24, 2.45) is 0 Å². The van der Waals surface area contributed by atoms with Crippen molar-refractivity contribution in [2.75, 3.05) is 13.1 Å². The number of alkyl carbamates (subject to hydrolysis) is 1. The van der Waals surface area contributed by atoms with Crippen LogP contribution >= 0.6 is 0 Å². The third-order valence-corrected chi connectivity index (χ3v) is 4.60. The Kier molecular flexibility index (Phi) is 5.91. The minimum atomic E-state index is -0.416. The van der Waals surface area contributed by atoms with Crippen LogP contribution in [0.1, 0.15) is 72.1 Å². The average Bonchev–Trinajstić information content (AvgIpc) is 2.68. The van der Waals surface area contributed by atoms with Gasteiger partial charge in [-0.1, -0.05) is 25.7 Å². The summed E-state index contributed by atoms with van der Waals surface area (Å²) in [5.41, 5.74) is -0.416. The molecule has 0 aromatic carbocycles. The van der Waals surface area contributed by atoms with Gasteiger partial charge in [-0.05, 0) is 53.0 Å². The maximum absolute atomic E-state index is 11.8. The molecule has 0 unspecified atom stereocenters. The second-order valence-corrected chi connectivity index (χ2v) is 7.56. The third kappa shape index (κ3) is 5.50. The molecule has 1 aliphatic carbocycles. The molecule has 1 aliphatic heterocycles. The second kappa shape index (κ2) is 7.48. The summed E-state index contributed by atoms with van der Waals surface area (Å²) in [6.45, 7) is 7.64. The molecule has 0 aromatic heterocycles. The molecule has 0 bridgehead atoms. The van der Waals surface area contributed by atoms with E-state index in [1.165, 1.54) is 57.9 Å². The molecule has 0 radical (unpaired) electrons. The maximum atomic E-state index is 11.8. The van der Waals surface area contributed by atoms with Gasteiger partial charge in [0.15, 0.2) is 0 Å². The lowest BCUT2D eigenvalue weighted by atomic mass is 10.1. The number of hydrogen-bond donors (Lipinski definition) is 1. The molecule has 122 valence electrons. The van der Waals surface area contributed by atoms with Gasteiger partial charge in [0.1, 0.15) is 5.60 Å². The quantitative estimate of drug-likeness (QED) is 0.807. The fourth-order valence-electron chi connectivity index (χ4n) is 3.66. The van der Waals surface area contributed by atoms with E-state index in [0.29, 0.717) is 6.04 Å². The van der Waals surface area contributed by atoms with Crippen LogP contribution in [0.4, 0.5) is 4.79 Å². The molecule has 2 rings (SSSR count). The number of nitrogens with one attached hydrogen (secondary N) is 1. The zero-order valence-electron chi connectivity index (χ0n) is 14.0. The van der Waals surface area contributed by atoms with E-state index in [1.807, 2.05) is 20.8 Å². The molecule has 1 saturated carbocycles. The van der Waals surface area contributed by atoms with Crippen molar-refractivity contribution in [3.05, 3.63) is 0 Å². The molecule has 1 saturated heterocycles. The Morgan fingerprint density at radius 1 is 1.10 bits per heavy atom. The minimum Gasteiger partial charge on any atom is -0.444 e. The Labute approximate surface area is 129 Å². The molecular formula is C17H32N2O2. The highest BCUT2D eigenvalue weighted by Crippen LogP contribution is 2.28. The molecule has 1 heterocycles. The summed E-state index contributed by atoms with van der Waals surface area (Å²) < 4.78 is 5.33. The van der Waals surface area contributed by atoms with Crippen molar-refractivity contribution < 1.29 is 9.53 Å². The third-order valence-electron chi connectivity index (χ3n) is 4.60. The lowest BCUT2D eigenvalue weighted by Crippen LogP contribution is -2.46. The Balaban J connectivity index is 1.80. The van der Waals surface area contributed by atoms with Crippen molar-refractivity contribution in [1.29, 1.82) is 0 Å². The molecule has 1 amide bonds. The van der Waals surface area contributed by atoms with Gasteiger partial charge in [-0.25, -0.2) is 4.79 Å². The number of amides is 1. The minimum absolute atomic E-state index is 0.282. The van der Waals surface area contributed by atoms with Crippen molar-refractivity contribution >= 4 is 6.09 Å². The highest BCUT2D eigenvalue weighted by atomic mass is 16.6. The lowest BCUT2D eigenvalue weighted by Gasteiger charge is -2.33. The highest BCUT2D eigenvalue weighted by Gasteiger charge is 2.31.